The van der Waals surface area contributed by atoms with Crippen molar-refractivity contribution < 1.29 is 33.5 Å². The van der Waals surface area contributed by atoms with E-state index in [-0.39, 0.29) is 29.6 Å². The van der Waals surface area contributed by atoms with Gasteiger partial charge in [0.25, 0.3) is 5.91 Å². The number of amides is 6. The van der Waals surface area contributed by atoms with Crippen LogP contribution in [0.4, 0.5) is 4.79 Å². The van der Waals surface area contributed by atoms with E-state index in [0.29, 0.717) is 39.3 Å². The molecule has 13 heteroatoms. The maximum absolute atomic E-state index is 14.2. The Morgan fingerprint density at radius 3 is 2.07 bits per heavy atom. The van der Waals surface area contributed by atoms with Gasteiger partial charge < -0.3 is 36.2 Å². The number of nitrogens with two attached hydrogens (primary N) is 1. The SMILES string of the molecule is CC(C)[C@H](NC(=O)N[C@H](C(=O)N1C[C@@H]2CC[C@@H]2[C@H]1C(=O)NC(CC1CCC1)C(=O)C(N)=O)C(C)(C)C)C(=O)N1CCOCC1. The molecule has 6 amide bonds. The van der Waals surface area contributed by atoms with Gasteiger partial charge in [0.2, 0.25) is 23.5 Å². The van der Waals surface area contributed by atoms with Crippen LogP contribution in [0.3, 0.4) is 0 Å². The highest BCUT2D eigenvalue weighted by molar-refractivity contribution is 6.37. The Kier molecular flexibility index (Phi) is 10.6. The molecule has 4 rings (SSSR count). The molecule has 0 aromatic heterocycles. The number of carbonyl (C=O) groups is 6. The van der Waals surface area contributed by atoms with Gasteiger partial charge in [-0.3, -0.25) is 24.0 Å². The average Bonchev–Trinajstić information content (AvgIpc) is 3.19. The summed E-state index contributed by atoms with van der Waals surface area (Å²) in [6.45, 7) is 11.3. The molecular formula is C31H50N6O7. The lowest BCUT2D eigenvalue weighted by atomic mass is 9.72. The highest BCUT2D eigenvalue weighted by atomic mass is 16.5. The third kappa shape index (κ3) is 7.52. The Morgan fingerprint density at radius 2 is 1.57 bits per heavy atom. The lowest BCUT2D eigenvalue weighted by Gasteiger charge is -2.38. The zero-order valence-electron chi connectivity index (χ0n) is 26.7. The van der Waals surface area contributed by atoms with Gasteiger partial charge in [-0.2, -0.15) is 0 Å². The van der Waals surface area contributed by atoms with Crippen LogP contribution in [-0.4, -0.2) is 102 Å². The van der Waals surface area contributed by atoms with Crippen LogP contribution in [0, 0.1) is 29.1 Å². The first-order valence-corrected chi connectivity index (χ1v) is 16.1. The first kappa shape index (κ1) is 33.7. The maximum atomic E-state index is 14.2. The van der Waals surface area contributed by atoms with Crippen LogP contribution in [0.25, 0.3) is 0 Å². The fourth-order valence-electron chi connectivity index (χ4n) is 6.74. The lowest BCUT2D eigenvalue weighted by Crippen LogP contribution is -2.62. The summed E-state index contributed by atoms with van der Waals surface area (Å²) in [5, 5.41) is 8.38. The second-order valence-electron chi connectivity index (χ2n) is 14.3. The molecule has 2 saturated carbocycles. The van der Waals surface area contributed by atoms with Crippen molar-refractivity contribution in [2.45, 2.75) is 97.3 Å². The van der Waals surface area contributed by atoms with Crippen LogP contribution >= 0.6 is 0 Å². The van der Waals surface area contributed by atoms with Crippen LogP contribution in [0.15, 0.2) is 0 Å². The van der Waals surface area contributed by atoms with Gasteiger partial charge in [0.15, 0.2) is 0 Å². The van der Waals surface area contributed by atoms with Crippen molar-refractivity contribution in [1.82, 2.24) is 25.8 Å². The quantitative estimate of drug-likeness (QED) is 0.244. The Bertz CT molecular complexity index is 1130. The van der Waals surface area contributed by atoms with Gasteiger partial charge in [-0.15, -0.1) is 0 Å². The molecule has 2 aliphatic heterocycles. The Hall–Kier alpha value is -3.22. The van der Waals surface area contributed by atoms with Crippen molar-refractivity contribution in [2.24, 2.45) is 34.8 Å². The van der Waals surface area contributed by atoms with E-state index < -0.39 is 59.1 Å². The van der Waals surface area contributed by atoms with Gasteiger partial charge in [0.05, 0.1) is 19.3 Å². The molecule has 44 heavy (non-hydrogen) atoms. The number of fused-ring (bicyclic) bond motifs is 1. The molecule has 0 spiro atoms. The molecule has 2 heterocycles. The summed E-state index contributed by atoms with van der Waals surface area (Å²) in [6.07, 6.45) is 4.87. The summed E-state index contributed by atoms with van der Waals surface area (Å²) in [5.74, 6) is -2.90. The Labute approximate surface area is 259 Å². The van der Waals surface area contributed by atoms with Crippen LogP contribution in [0.1, 0.15) is 73.1 Å². The summed E-state index contributed by atoms with van der Waals surface area (Å²) in [5.41, 5.74) is 4.58. The molecule has 0 aromatic carbocycles. The van der Waals surface area contributed by atoms with Gasteiger partial charge in [-0.1, -0.05) is 53.9 Å². The Morgan fingerprint density at radius 1 is 0.909 bits per heavy atom. The van der Waals surface area contributed by atoms with Crippen molar-refractivity contribution in [3.63, 3.8) is 0 Å². The molecule has 246 valence electrons. The predicted molar refractivity (Wildman–Crippen MR) is 161 cm³/mol. The van der Waals surface area contributed by atoms with Gasteiger partial charge in [-0.05, 0) is 48.3 Å². The predicted octanol–water partition coefficient (Wildman–Crippen LogP) is 0.550. The van der Waals surface area contributed by atoms with E-state index in [1.165, 1.54) is 4.90 Å². The topological polar surface area (TPSA) is 180 Å². The van der Waals surface area contributed by atoms with E-state index in [4.69, 9.17) is 10.5 Å². The van der Waals surface area contributed by atoms with E-state index in [2.05, 4.69) is 16.0 Å². The molecule has 2 saturated heterocycles. The number of Topliss-reactive ketones (excluding diaryl/α,β-unsaturated/α-hetero) is 1. The van der Waals surface area contributed by atoms with Crippen molar-refractivity contribution in [3.8, 4) is 0 Å². The standard InChI is InChI=1S/C31H50N6O7/c1-17(2)22(28(41)36-11-13-44-14-12-36)34-30(43)35-25(31(3,4)5)29(42)37-16-19-9-10-20(19)23(37)27(40)33-21(24(38)26(32)39)15-18-7-6-8-18/h17-23,25H,6-16H2,1-5H3,(H2,32,39)(H,33,40)(H2,34,35,43)/t19-,20-,21?,22-,23-,25+/m0/s1. The number of likely N-dealkylation sites (tertiary alicyclic amines) is 1. The van der Waals surface area contributed by atoms with Gasteiger partial charge in [0.1, 0.15) is 18.1 Å². The zero-order chi connectivity index (χ0) is 32.3. The summed E-state index contributed by atoms with van der Waals surface area (Å²) in [7, 11) is 0. The maximum Gasteiger partial charge on any atom is 0.316 e. The number of nitrogens with one attached hydrogen (secondary N) is 3. The summed E-state index contributed by atoms with van der Waals surface area (Å²) in [6, 6.07) is -4.29. The van der Waals surface area contributed by atoms with Crippen molar-refractivity contribution >= 4 is 35.4 Å². The van der Waals surface area contributed by atoms with E-state index >= 15 is 0 Å². The van der Waals surface area contributed by atoms with Gasteiger partial charge >= 0.3 is 6.03 Å². The molecule has 0 aromatic rings. The van der Waals surface area contributed by atoms with E-state index in [9.17, 15) is 28.8 Å². The van der Waals surface area contributed by atoms with E-state index in [1.54, 1.807) is 4.90 Å². The number of nitrogens with zero attached hydrogens (tertiary/aromatic N) is 2. The van der Waals surface area contributed by atoms with E-state index in [0.717, 1.165) is 32.1 Å². The van der Waals surface area contributed by atoms with Gasteiger partial charge in [0, 0.05) is 19.6 Å². The van der Waals surface area contributed by atoms with Crippen LogP contribution in [-0.2, 0) is 28.7 Å². The highest BCUT2D eigenvalue weighted by Gasteiger charge is 2.54. The molecule has 13 nitrogen and oxygen atoms in total. The number of primary amides is 1. The van der Waals surface area contributed by atoms with Crippen LogP contribution < -0.4 is 21.7 Å². The molecule has 2 aliphatic carbocycles. The van der Waals surface area contributed by atoms with Crippen molar-refractivity contribution in [1.29, 1.82) is 0 Å². The third-order valence-corrected chi connectivity index (χ3v) is 9.80. The van der Waals surface area contributed by atoms with Crippen molar-refractivity contribution in [2.75, 3.05) is 32.8 Å². The number of morpholine rings is 1. The smallest absolute Gasteiger partial charge is 0.316 e. The average molecular weight is 619 g/mol. The second kappa shape index (κ2) is 13.8. The minimum absolute atomic E-state index is 0.0714. The number of ether oxygens (including phenoxy) is 1. The third-order valence-electron chi connectivity index (χ3n) is 9.80. The fourth-order valence-corrected chi connectivity index (χ4v) is 6.74. The highest BCUT2D eigenvalue weighted by Crippen LogP contribution is 2.45. The number of hydrogen-bond donors (Lipinski definition) is 4. The second-order valence-corrected chi connectivity index (χ2v) is 14.3. The molecule has 4 aliphatic rings. The molecule has 5 N–H and O–H groups in total. The minimum Gasteiger partial charge on any atom is -0.378 e. The fraction of sp³-hybridized carbons (Fsp3) is 0.806. The summed E-state index contributed by atoms with van der Waals surface area (Å²) >= 11 is 0. The first-order chi connectivity index (χ1) is 20.7. The molecular weight excluding hydrogens is 568 g/mol. The molecule has 6 atom stereocenters. The van der Waals surface area contributed by atoms with Gasteiger partial charge in [-0.25, -0.2) is 4.79 Å². The van der Waals surface area contributed by atoms with E-state index in [1.807, 2.05) is 34.6 Å². The number of urea groups is 1. The molecule has 0 radical (unpaired) electrons. The zero-order valence-corrected chi connectivity index (χ0v) is 26.7. The normalized spacial score (nSPS) is 25.5. The largest absolute Gasteiger partial charge is 0.378 e. The summed E-state index contributed by atoms with van der Waals surface area (Å²) < 4.78 is 5.35. The minimum atomic E-state index is -1.09. The molecule has 0 bridgehead atoms. The van der Waals surface area contributed by atoms with Crippen LogP contribution in [0.2, 0.25) is 0 Å². The number of rotatable bonds is 11. The lowest BCUT2D eigenvalue weighted by molar-refractivity contribution is -0.144. The van der Waals surface area contributed by atoms with Crippen molar-refractivity contribution in [3.05, 3.63) is 0 Å². The summed E-state index contributed by atoms with van der Waals surface area (Å²) in [4.78, 5) is 82.1. The Balaban J connectivity index is 1.48. The molecule has 1 unspecified atom stereocenters. The molecule has 4 fully saturated rings. The monoisotopic (exact) mass is 618 g/mol. The number of carbonyl (C=O) groups excluding carboxylic acids is 6. The first-order valence-electron chi connectivity index (χ1n) is 16.1. The van der Waals surface area contributed by atoms with Crippen LogP contribution in [0.5, 0.6) is 0 Å². The number of hydrogen-bond acceptors (Lipinski definition) is 7. The number of ketones is 1.